The van der Waals surface area contributed by atoms with Crippen molar-refractivity contribution < 1.29 is 4.79 Å². The molecule has 0 spiro atoms. The lowest BCUT2D eigenvalue weighted by Gasteiger charge is -2.11. The Kier molecular flexibility index (Phi) is 6.96. The number of benzene rings is 3. The standard InChI is InChI=1S/C27H21N3OS/c28-19-23-6-2-4-8-26(23)32-25-7-3-1-5-22(25)18-27(31)30-24-11-9-20(10-12-24)17-21-13-15-29-16-14-21/h1-16H,17-18H2,(H,30,31). The first kappa shape index (κ1) is 21.4. The summed E-state index contributed by atoms with van der Waals surface area (Å²) in [4.78, 5) is 18.6. The summed E-state index contributed by atoms with van der Waals surface area (Å²) >= 11 is 1.51. The molecule has 0 aliphatic carbocycles. The molecule has 1 heterocycles. The van der Waals surface area contributed by atoms with E-state index in [1.807, 2.05) is 78.9 Å². The van der Waals surface area contributed by atoms with Crippen LogP contribution in [0.4, 0.5) is 5.69 Å². The van der Waals surface area contributed by atoms with Gasteiger partial charge in [0.2, 0.25) is 5.91 Å². The Hall–Kier alpha value is -3.88. The van der Waals surface area contributed by atoms with Crippen molar-refractivity contribution in [3.8, 4) is 6.07 Å². The molecule has 0 saturated heterocycles. The maximum Gasteiger partial charge on any atom is 0.228 e. The zero-order valence-electron chi connectivity index (χ0n) is 17.4. The summed E-state index contributed by atoms with van der Waals surface area (Å²) in [5, 5.41) is 12.3. The van der Waals surface area contributed by atoms with E-state index in [1.54, 1.807) is 18.5 Å². The Morgan fingerprint density at radius 2 is 1.50 bits per heavy atom. The number of hydrogen-bond acceptors (Lipinski definition) is 4. The lowest BCUT2D eigenvalue weighted by Crippen LogP contribution is -2.14. The number of aromatic nitrogens is 1. The predicted molar refractivity (Wildman–Crippen MR) is 128 cm³/mol. The number of amides is 1. The lowest BCUT2D eigenvalue weighted by molar-refractivity contribution is -0.115. The van der Waals surface area contributed by atoms with Gasteiger partial charge in [-0.05, 0) is 65.6 Å². The number of hydrogen-bond donors (Lipinski definition) is 1. The fraction of sp³-hybridized carbons (Fsp3) is 0.0741. The molecule has 3 aromatic carbocycles. The molecule has 0 aliphatic heterocycles. The van der Waals surface area contributed by atoms with Gasteiger partial charge in [-0.2, -0.15) is 5.26 Å². The minimum Gasteiger partial charge on any atom is -0.326 e. The molecule has 1 N–H and O–H groups in total. The number of nitrogens with zero attached hydrogens (tertiary/aromatic N) is 2. The van der Waals surface area contributed by atoms with Crippen LogP contribution in [0, 0.1) is 11.3 Å². The summed E-state index contributed by atoms with van der Waals surface area (Å²) < 4.78 is 0. The van der Waals surface area contributed by atoms with Crippen LogP contribution in [0.15, 0.2) is 107 Å². The molecule has 0 aliphatic rings. The number of rotatable bonds is 7. The van der Waals surface area contributed by atoms with Gasteiger partial charge in [-0.1, -0.05) is 54.2 Å². The first-order chi connectivity index (χ1) is 15.7. The Morgan fingerprint density at radius 3 is 2.25 bits per heavy atom. The van der Waals surface area contributed by atoms with Crippen molar-refractivity contribution in [3.63, 3.8) is 0 Å². The molecule has 4 rings (SSSR count). The second kappa shape index (κ2) is 10.4. The highest BCUT2D eigenvalue weighted by molar-refractivity contribution is 7.99. The van der Waals surface area contributed by atoms with Crippen molar-refractivity contribution in [2.24, 2.45) is 0 Å². The Bertz CT molecular complexity index is 1250. The van der Waals surface area contributed by atoms with E-state index >= 15 is 0 Å². The SMILES string of the molecule is N#Cc1ccccc1Sc1ccccc1CC(=O)Nc1ccc(Cc2ccncc2)cc1. The number of carbonyl (C=O) groups is 1. The van der Waals surface area contributed by atoms with Crippen LogP contribution < -0.4 is 5.32 Å². The monoisotopic (exact) mass is 435 g/mol. The van der Waals surface area contributed by atoms with Crippen molar-refractivity contribution in [1.82, 2.24) is 4.98 Å². The average molecular weight is 436 g/mol. The van der Waals surface area contributed by atoms with E-state index in [4.69, 9.17) is 0 Å². The average Bonchev–Trinajstić information content (AvgIpc) is 2.82. The number of nitrogens with one attached hydrogen (secondary N) is 1. The van der Waals surface area contributed by atoms with Gasteiger partial charge in [-0.15, -0.1) is 0 Å². The van der Waals surface area contributed by atoms with E-state index in [9.17, 15) is 10.1 Å². The Labute approximate surface area is 192 Å². The molecule has 4 nitrogen and oxygen atoms in total. The number of nitriles is 1. The molecule has 32 heavy (non-hydrogen) atoms. The van der Waals surface area contributed by atoms with Crippen LogP contribution in [-0.4, -0.2) is 10.9 Å². The van der Waals surface area contributed by atoms with Crippen LogP contribution in [0.5, 0.6) is 0 Å². The van der Waals surface area contributed by atoms with Crippen molar-refractivity contribution in [1.29, 1.82) is 5.26 Å². The van der Waals surface area contributed by atoms with Gasteiger partial charge in [0.1, 0.15) is 6.07 Å². The van der Waals surface area contributed by atoms with E-state index < -0.39 is 0 Å². The van der Waals surface area contributed by atoms with Crippen LogP contribution in [0.25, 0.3) is 0 Å². The Balaban J connectivity index is 1.41. The summed E-state index contributed by atoms with van der Waals surface area (Å²) in [6.45, 7) is 0. The fourth-order valence-corrected chi connectivity index (χ4v) is 4.36. The number of pyridine rings is 1. The largest absolute Gasteiger partial charge is 0.326 e. The van der Waals surface area contributed by atoms with Crippen LogP contribution in [0.2, 0.25) is 0 Å². The molecular weight excluding hydrogens is 414 g/mol. The summed E-state index contributed by atoms with van der Waals surface area (Å²) in [6.07, 6.45) is 4.67. The predicted octanol–water partition coefficient (Wildman–Crippen LogP) is 5.88. The van der Waals surface area contributed by atoms with Crippen LogP contribution >= 0.6 is 11.8 Å². The topological polar surface area (TPSA) is 65.8 Å². The van der Waals surface area contributed by atoms with Crippen molar-refractivity contribution >= 4 is 23.4 Å². The number of carbonyl (C=O) groups excluding carboxylic acids is 1. The van der Waals surface area contributed by atoms with Gasteiger partial charge < -0.3 is 5.32 Å². The fourth-order valence-electron chi connectivity index (χ4n) is 3.34. The maximum atomic E-state index is 12.7. The van der Waals surface area contributed by atoms with Gasteiger partial charge in [0.05, 0.1) is 12.0 Å². The summed E-state index contributed by atoms with van der Waals surface area (Å²) in [7, 11) is 0. The van der Waals surface area contributed by atoms with Crippen molar-refractivity contribution in [2.45, 2.75) is 22.6 Å². The molecule has 0 radical (unpaired) electrons. The zero-order chi connectivity index (χ0) is 22.2. The Morgan fingerprint density at radius 1 is 0.844 bits per heavy atom. The highest BCUT2D eigenvalue weighted by atomic mass is 32.2. The third-order valence-electron chi connectivity index (χ3n) is 4.95. The second-order valence-electron chi connectivity index (χ2n) is 7.27. The van der Waals surface area contributed by atoms with Gasteiger partial charge in [-0.25, -0.2) is 0 Å². The van der Waals surface area contributed by atoms with Gasteiger partial charge in [0.15, 0.2) is 0 Å². The van der Waals surface area contributed by atoms with Crippen LogP contribution in [0.3, 0.4) is 0 Å². The van der Waals surface area contributed by atoms with Gasteiger partial charge in [0, 0.05) is 27.9 Å². The minimum absolute atomic E-state index is 0.0755. The molecule has 4 aromatic rings. The molecule has 156 valence electrons. The zero-order valence-corrected chi connectivity index (χ0v) is 18.2. The quantitative estimate of drug-likeness (QED) is 0.394. The van der Waals surface area contributed by atoms with Gasteiger partial charge in [0.25, 0.3) is 0 Å². The van der Waals surface area contributed by atoms with Gasteiger partial charge in [-0.3, -0.25) is 9.78 Å². The van der Waals surface area contributed by atoms with E-state index in [-0.39, 0.29) is 12.3 Å². The third-order valence-corrected chi connectivity index (χ3v) is 6.14. The molecule has 1 amide bonds. The summed E-state index contributed by atoms with van der Waals surface area (Å²) in [6, 6.07) is 29.4. The van der Waals surface area contributed by atoms with Gasteiger partial charge >= 0.3 is 0 Å². The molecule has 5 heteroatoms. The smallest absolute Gasteiger partial charge is 0.228 e. The third kappa shape index (κ3) is 5.63. The molecule has 0 unspecified atom stereocenters. The van der Waals surface area contributed by atoms with E-state index in [0.29, 0.717) is 5.56 Å². The normalized spacial score (nSPS) is 10.3. The first-order valence-electron chi connectivity index (χ1n) is 10.2. The number of anilines is 1. The van der Waals surface area contributed by atoms with Crippen LogP contribution in [-0.2, 0) is 17.6 Å². The van der Waals surface area contributed by atoms with E-state index in [2.05, 4.69) is 16.4 Å². The van der Waals surface area contributed by atoms with Crippen LogP contribution in [0.1, 0.15) is 22.3 Å². The molecular formula is C27H21N3OS. The second-order valence-corrected chi connectivity index (χ2v) is 8.36. The summed E-state index contributed by atoms with van der Waals surface area (Å²) in [5.41, 5.74) is 4.70. The maximum absolute atomic E-state index is 12.7. The van der Waals surface area contributed by atoms with E-state index in [1.165, 1.54) is 22.9 Å². The highest BCUT2D eigenvalue weighted by Gasteiger charge is 2.11. The van der Waals surface area contributed by atoms with Crippen molar-refractivity contribution in [2.75, 3.05) is 5.32 Å². The summed E-state index contributed by atoms with van der Waals surface area (Å²) in [5.74, 6) is -0.0755. The molecule has 1 aromatic heterocycles. The minimum atomic E-state index is -0.0755. The highest BCUT2D eigenvalue weighted by Crippen LogP contribution is 2.32. The van der Waals surface area contributed by atoms with Crippen molar-refractivity contribution in [3.05, 3.63) is 120 Å². The van der Waals surface area contributed by atoms with E-state index in [0.717, 1.165) is 27.5 Å². The molecule has 0 atom stereocenters. The molecule has 0 fully saturated rings. The molecule has 0 saturated carbocycles. The molecule has 0 bridgehead atoms. The first-order valence-corrected chi connectivity index (χ1v) is 11.1. The lowest BCUT2D eigenvalue weighted by atomic mass is 10.1.